The van der Waals surface area contributed by atoms with Crippen molar-refractivity contribution in [2.45, 2.75) is 26.4 Å². The van der Waals surface area contributed by atoms with E-state index in [4.69, 9.17) is 4.74 Å². The van der Waals surface area contributed by atoms with Gasteiger partial charge in [-0.15, -0.1) is 0 Å². The molecule has 3 N–H and O–H groups in total. The molecule has 1 aromatic rings. The number of benzene rings is 1. The summed E-state index contributed by atoms with van der Waals surface area (Å²) in [5, 5.41) is 5.13. The average molecular weight is 281 g/mol. The molecule has 110 valence electrons. The fourth-order valence-electron chi connectivity index (χ4n) is 1.31. The first-order chi connectivity index (χ1) is 9.30. The Kier molecular flexibility index (Phi) is 5.33. The van der Waals surface area contributed by atoms with Crippen molar-refractivity contribution >= 4 is 23.5 Å². The maximum absolute atomic E-state index is 11.5. The summed E-state index contributed by atoms with van der Waals surface area (Å²) in [6, 6.07) is 6.09. The average Bonchev–Trinajstić information content (AvgIpc) is 2.29. The first kappa shape index (κ1) is 15.8. The lowest BCUT2D eigenvalue weighted by Crippen LogP contribution is -2.27. The van der Waals surface area contributed by atoms with Crippen molar-refractivity contribution in [3.63, 3.8) is 0 Å². The van der Waals surface area contributed by atoms with Gasteiger partial charge < -0.3 is 10.1 Å². The Morgan fingerprint density at radius 3 is 1.95 bits per heavy atom. The third kappa shape index (κ3) is 6.05. The SMILES string of the molecule is CONC(=O)Nc1ccc(NC(=O)OC(C)(C)C)cc1. The van der Waals surface area contributed by atoms with Crippen LogP contribution >= 0.6 is 0 Å². The minimum absolute atomic E-state index is 0.486. The van der Waals surface area contributed by atoms with Crippen molar-refractivity contribution in [1.29, 1.82) is 0 Å². The van der Waals surface area contributed by atoms with E-state index in [2.05, 4.69) is 21.0 Å². The van der Waals surface area contributed by atoms with Crippen LogP contribution in [0.4, 0.5) is 21.0 Å². The van der Waals surface area contributed by atoms with Gasteiger partial charge in [0.2, 0.25) is 0 Å². The van der Waals surface area contributed by atoms with Gasteiger partial charge in [-0.1, -0.05) is 0 Å². The van der Waals surface area contributed by atoms with Crippen LogP contribution in [0.3, 0.4) is 0 Å². The number of carbonyl (C=O) groups is 2. The molecule has 7 heteroatoms. The molecule has 1 aromatic carbocycles. The van der Waals surface area contributed by atoms with Crippen molar-refractivity contribution in [2.24, 2.45) is 0 Å². The van der Waals surface area contributed by atoms with Crippen molar-refractivity contribution in [3.8, 4) is 0 Å². The molecule has 0 radical (unpaired) electrons. The maximum atomic E-state index is 11.5. The first-order valence-corrected chi connectivity index (χ1v) is 6.00. The molecule has 1 rings (SSSR count). The molecule has 0 aliphatic heterocycles. The van der Waals surface area contributed by atoms with Crippen LogP contribution in [0, 0.1) is 0 Å². The van der Waals surface area contributed by atoms with E-state index in [0.29, 0.717) is 11.4 Å². The number of hydrogen-bond donors (Lipinski definition) is 3. The molecule has 0 saturated carbocycles. The van der Waals surface area contributed by atoms with Gasteiger partial charge in [0.05, 0.1) is 7.11 Å². The number of hydroxylamine groups is 1. The second-order valence-electron chi connectivity index (χ2n) is 4.96. The molecule has 3 amide bonds. The largest absolute Gasteiger partial charge is 0.444 e. The lowest BCUT2D eigenvalue weighted by Gasteiger charge is -2.19. The van der Waals surface area contributed by atoms with Gasteiger partial charge in [-0.2, -0.15) is 0 Å². The number of nitrogens with one attached hydrogen (secondary N) is 3. The number of anilines is 2. The Labute approximate surface area is 117 Å². The van der Waals surface area contributed by atoms with Crippen LogP contribution in [-0.4, -0.2) is 24.8 Å². The predicted molar refractivity (Wildman–Crippen MR) is 75.5 cm³/mol. The summed E-state index contributed by atoms with van der Waals surface area (Å²) in [5.41, 5.74) is 2.71. The third-order valence-corrected chi connectivity index (χ3v) is 1.98. The molecule has 20 heavy (non-hydrogen) atoms. The second-order valence-corrected chi connectivity index (χ2v) is 4.96. The smallest absolute Gasteiger partial charge is 0.412 e. The Morgan fingerprint density at radius 2 is 1.50 bits per heavy atom. The highest BCUT2D eigenvalue weighted by atomic mass is 16.6. The van der Waals surface area contributed by atoms with E-state index in [-0.39, 0.29) is 0 Å². The van der Waals surface area contributed by atoms with Gasteiger partial charge in [-0.25, -0.2) is 15.1 Å². The van der Waals surface area contributed by atoms with E-state index in [0.717, 1.165) is 0 Å². The van der Waals surface area contributed by atoms with Crippen LogP contribution in [0.15, 0.2) is 24.3 Å². The van der Waals surface area contributed by atoms with Crippen LogP contribution < -0.4 is 16.1 Å². The van der Waals surface area contributed by atoms with E-state index < -0.39 is 17.7 Å². The molecule has 0 atom stereocenters. The Hall–Kier alpha value is -2.28. The first-order valence-electron chi connectivity index (χ1n) is 6.00. The molecule has 0 spiro atoms. The van der Waals surface area contributed by atoms with Crippen LogP contribution in [0.1, 0.15) is 20.8 Å². The lowest BCUT2D eigenvalue weighted by molar-refractivity contribution is 0.0636. The molecule has 7 nitrogen and oxygen atoms in total. The fraction of sp³-hybridized carbons (Fsp3) is 0.385. The highest BCUT2D eigenvalue weighted by Crippen LogP contribution is 2.15. The molecule has 0 unspecified atom stereocenters. The highest BCUT2D eigenvalue weighted by Gasteiger charge is 2.16. The maximum Gasteiger partial charge on any atom is 0.412 e. The van der Waals surface area contributed by atoms with Crippen LogP contribution in [0.5, 0.6) is 0 Å². The number of amides is 3. The normalized spacial score (nSPS) is 10.6. The lowest BCUT2D eigenvalue weighted by atomic mass is 10.2. The van der Waals surface area contributed by atoms with Gasteiger partial charge in [0.15, 0.2) is 0 Å². The molecule has 0 aromatic heterocycles. The number of ether oxygens (including phenoxy) is 1. The predicted octanol–water partition coefficient (Wildman–Crippen LogP) is 2.72. The van der Waals surface area contributed by atoms with Crippen LogP contribution in [0.2, 0.25) is 0 Å². The van der Waals surface area contributed by atoms with Gasteiger partial charge in [0.1, 0.15) is 5.60 Å². The summed E-state index contributed by atoms with van der Waals surface area (Å²) in [7, 11) is 1.34. The summed E-state index contributed by atoms with van der Waals surface area (Å²) in [4.78, 5) is 27.2. The van der Waals surface area contributed by atoms with E-state index >= 15 is 0 Å². The number of hydrogen-bond acceptors (Lipinski definition) is 4. The van der Waals surface area contributed by atoms with E-state index in [1.54, 1.807) is 45.0 Å². The van der Waals surface area contributed by atoms with Crippen molar-refractivity contribution in [1.82, 2.24) is 5.48 Å². The standard InChI is InChI=1S/C13H19N3O4/c1-13(2,3)20-12(18)15-10-7-5-9(6-8-10)14-11(17)16-19-4/h5-8H,1-4H3,(H,15,18)(H2,14,16,17). The quantitative estimate of drug-likeness (QED) is 0.743. The van der Waals surface area contributed by atoms with Crippen molar-refractivity contribution in [2.75, 3.05) is 17.7 Å². The van der Waals surface area contributed by atoms with E-state index in [1.165, 1.54) is 7.11 Å². The van der Waals surface area contributed by atoms with Gasteiger partial charge in [-0.3, -0.25) is 10.2 Å². The Bertz CT molecular complexity index is 465. The number of urea groups is 1. The molecule has 0 heterocycles. The molecule has 0 saturated heterocycles. The van der Waals surface area contributed by atoms with Crippen LogP contribution in [-0.2, 0) is 9.57 Å². The monoisotopic (exact) mass is 281 g/mol. The zero-order chi connectivity index (χ0) is 15.2. The van der Waals surface area contributed by atoms with Gasteiger partial charge in [0.25, 0.3) is 0 Å². The Balaban J connectivity index is 2.54. The van der Waals surface area contributed by atoms with E-state index in [9.17, 15) is 9.59 Å². The molecule has 0 fully saturated rings. The summed E-state index contributed by atoms with van der Waals surface area (Å²) in [6.07, 6.45) is -0.532. The summed E-state index contributed by atoms with van der Waals surface area (Å²) >= 11 is 0. The van der Waals surface area contributed by atoms with Crippen LogP contribution in [0.25, 0.3) is 0 Å². The van der Waals surface area contributed by atoms with Gasteiger partial charge >= 0.3 is 12.1 Å². The molecular weight excluding hydrogens is 262 g/mol. The zero-order valence-corrected chi connectivity index (χ0v) is 11.9. The zero-order valence-electron chi connectivity index (χ0n) is 11.9. The fourth-order valence-corrected chi connectivity index (χ4v) is 1.31. The van der Waals surface area contributed by atoms with Gasteiger partial charge in [-0.05, 0) is 45.0 Å². The minimum atomic E-state index is -0.552. The van der Waals surface area contributed by atoms with Crippen molar-refractivity contribution in [3.05, 3.63) is 24.3 Å². The number of carbonyl (C=O) groups excluding carboxylic acids is 2. The topological polar surface area (TPSA) is 88.7 Å². The molecule has 0 aliphatic carbocycles. The van der Waals surface area contributed by atoms with Crippen molar-refractivity contribution < 1.29 is 19.2 Å². The summed E-state index contributed by atoms with van der Waals surface area (Å²) < 4.78 is 5.12. The summed E-state index contributed by atoms with van der Waals surface area (Å²) in [6.45, 7) is 5.36. The Morgan fingerprint density at radius 1 is 1.00 bits per heavy atom. The molecule has 0 aliphatic rings. The molecule has 0 bridgehead atoms. The van der Waals surface area contributed by atoms with E-state index in [1.807, 2.05) is 0 Å². The third-order valence-electron chi connectivity index (χ3n) is 1.98. The van der Waals surface area contributed by atoms with Gasteiger partial charge in [0, 0.05) is 11.4 Å². The number of rotatable bonds is 3. The second kappa shape index (κ2) is 6.76. The highest BCUT2D eigenvalue weighted by molar-refractivity contribution is 5.89. The minimum Gasteiger partial charge on any atom is -0.444 e. The molecular formula is C13H19N3O4. The summed E-state index contributed by atoms with van der Waals surface area (Å²) in [5.74, 6) is 0.